The van der Waals surface area contributed by atoms with Gasteiger partial charge in [-0.1, -0.05) is 0 Å². The molecule has 1 amide bonds. The van der Waals surface area contributed by atoms with Crippen LogP contribution in [-0.4, -0.2) is 17.4 Å². The molecule has 1 aromatic heterocycles. The van der Waals surface area contributed by atoms with E-state index in [0.717, 1.165) is 0 Å². The molecule has 0 aliphatic heterocycles. The van der Waals surface area contributed by atoms with Gasteiger partial charge in [0, 0.05) is 12.7 Å². The normalized spacial score (nSPS) is 9.18. The van der Waals surface area contributed by atoms with E-state index in [9.17, 15) is 4.79 Å². The van der Waals surface area contributed by atoms with Crippen molar-refractivity contribution in [2.24, 2.45) is 0 Å². The first-order valence-corrected chi connectivity index (χ1v) is 3.45. The molecule has 1 N–H and O–H groups in total. The van der Waals surface area contributed by atoms with Crippen molar-refractivity contribution in [1.29, 1.82) is 0 Å². The molecule has 0 bridgehead atoms. The Balaban J connectivity index is 2.69. The number of hydrogen-bond donors (Lipinski definition) is 1. The fourth-order valence-corrected chi connectivity index (χ4v) is 0.700. The molecule has 1 radical (unpaired) electrons. The van der Waals surface area contributed by atoms with Crippen molar-refractivity contribution in [3.05, 3.63) is 30.1 Å². The fourth-order valence-electron chi connectivity index (χ4n) is 0.700. The summed E-state index contributed by atoms with van der Waals surface area (Å²) in [6, 6.07) is 5.99. The predicted molar refractivity (Wildman–Crippen MR) is 41.1 cm³/mol. The van der Waals surface area contributed by atoms with Crippen molar-refractivity contribution in [1.82, 2.24) is 10.3 Å². The van der Waals surface area contributed by atoms with Gasteiger partial charge in [-0.3, -0.25) is 9.78 Å². The van der Waals surface area contributed by atoms with Crippen LogP contribution in [0.2, 0.25) is 0 Å². The number of carbonyl (C=O) groups excluding carboxylic acids is 1. The van der Waals surface area contributed by atoms with Crippen LogP contribution in [0.5, 0.6) is 0 Å². The molecule has 0 spiro atoms. The second-order valence-corrected chi connectivity index (χ2v) is 2.00. The summed E-state index contributed by atoms with van der Waals surface area (Å²) >= 11 is 0. The highest BCUT2D eigenvalue weighted by Crippen LogP contribution is 1.90. The minimum atomic E-state index is -0.149. The van der Waals surface area contributed by atoms with Crippen LogP contribution in [0.25, 0.3) is 0 Å². The number of amides is 1. The van der Waals surface area contributed by atoms with E-state index < -0.39 is 0 Å². The lowest BCUT2D eigenvalue weighted by molar-refractivity contribution is 0.0951. The summed E-state index contributed by atoms with van der Waals surface area (Å²) in [5.41, 5.74) is 0.411. The van der Waals surface area contributed by atoms with Gasteiger partial charge in [0.15, 0.2) is 0 Å². The van der Waals surface area contributed by atoms with E-state index in [4.69, 9.17) is 0 Å². The molecule has 0 aliphatic carbocycles. The summed E-state index contributed by atoms with van der Waals surface area (Å²) in [6.45, 7) is 2.49. The van der Waals surface area contributed by atoms with Crippen molar-refractivity contribution in [2.45, 2.75) is 6.92 Å². The van der Waals surface area contributed by atoms with Crippen LogP contribution in [0.1, 0.15) is 17.4 Å². The number of hydrogen-bond acceptors (Lipinski definition) is 2. The minimum Gasteiger partial charge on any atom is -0.351 e. The summed E-state index contributed by atoms with van der Waals surface area (Å²) in [6.07, 6.45) is 1.55. The smallest absolute Gasteiger partial charge is 0.269 e. The maximum absolute atomic E-state index is 11.1. The number of aromatic nitrogens is 1. The average molecular weight is 149 g/mol. The second kappa shape index (κ2) is 3.71. The fraction of sp³-hybridized carbons (Fsp3) is 0.250. The SMILES string of the molecule is CCNC(=O)c1c[c]ccn1. The molecule has 0 aliphatic rings. The minimum absolute atomic E-state index is 0.149. The monoisotopic (exact) mass is 149 g/mol. The van der Waals surface area contributed by atoms with E-state index in [1.54, 1.807) is 18.3 Å². The van der Waals surface area contributed by atoms with Gasteiger partial charge >= 0.3 is 0 Å². The molecule has 11 heavy (non-hydrogen) atoms. The summed E-state index contributed by atoms with van der Waals surface area (Å²) in [5, 5.41) is 2.64. The van der Waals surface area contributed by atoms with Gasteiger partial charge in [0.25, 0.3) is 5.91 Å². The van der Waals surface area contributed by atoms with E-state index in [1.807, 2.05) is 6.92 Å². The van der Waals surface area contributed by atoms with Crippen molar-refractivity contribution in [2.75, 3.05) is 6.54 Å². The zero-order valence-electron chi connectivity index (χ0n) is 6.29. The molecule has 0 saturated heterocycles. The summed E-state index contributed by atoms with van der Waals surface area (Å²) in [5.74, 6) is -0.149. The highest BCUT2D eigenvalue weighted by molar-refractivity contribution is 5.91. The molecule has 57 valence electrons. The third-order valence-electron chi connectivity index (χ3n) is 1.17. The first-order chi connectivity index (χ1) is 5.34. The molecule has 0 atom stereocenters. The van der Waals surface area contributed by atoms with Crippen LogP contribution in [0.3, 0.4) is 0 Å². The molecule has 1 aromatic rings. The van der Waals surface area contributed by atoms with Crippen molar-refractivity contribution in [3.8, 4) is 0 Å². The van der Waals surface area contributed by atoms with Gasteiger partial charge in [-0.25, -0.2) is 0 Å². The second-order valence-electron chi connectivity index (χ2n) is 2.00. The van der Waals surface area contributed by atoms with E-state index in [-0.39, 0.29) is 5.91 Å². The van der Waals surface area contributed by atoms with E-state index in [2.05, 4.69) is 16.4 Å². The quantitative estimate of drug-likeness (QED) is 0.670. The summed E-state index contributed by atoms with van der Waals surface area (Å²) < 4.78 is 0. The Morgan fingerprint density at radius 3 is 3.18 bits per heavy atom. The van der Waals surface area contributed by atoms with Gasteiger partial charge < -0.3 is 5.32 Å². The highest BCUT2D eigenvalue weighted by atomic mass is 16.1. The third-order valence-corrected chi connectivity index (χ3v) is 1.17. The lowest BCUT2D eigenvalue weighted by atomic mass is 10.3. The molecule has 0 saturated carbocycles. The van der Waals surface area contributed by atoms with Gasteiger partial charge in [-0.05, 0) is 25.1 Å². The largest absolute Gasteiger partial charge is 0.351 e. The first kappa shape index (κ1) is 7.72. The number of pyridine rings is 1. The molecule has 3 heteroatoms. The van der Waals surface area contributed by atoms with Crippen LogP contribution in [0.15, 0.2) is 18.3 Å². The Morgan fingerprint density at radius 1 is 1.82 bits per heavy atom. The zero-order chi connectivity index (χ0) is 8.10. The van der Waals surface area contributed by atoms with Crippen molar-refractivity contribution >= 4 is 5.91 Å². The average Bonchev–Trinajstić information content (AvgIpc) is 2.07. The number of carbonyl (C=O) groups is 1. The molecule has 0 unspecified atom stereocenters. The van der Waals surface area contributed by atoms with Gasteiger partial charge in [-0.2, -0.15) is 0 Å². The Morgan fingerprint density at radius 2 is 2.64 bits per heavy atom. The maximum atomic E-state index is 11.1. The van der Waals surface area contributed by atoms with Crippen LogP contribution >= 0.6 is 0 Å². The van der Waals surface area contributed by atoms with Crippen LogP contribution < -0.4 is 5.32 Å². The summed E-state index contributed by atoms with van der Waals surface area (Å²) in [7, 11) is 0. The lowest BCUT2D eigenvalue weighted by Gasteiger charge is -1.98. The van der Waals surface area contributed by atoms with Crippen molar-refractivity contribution < 1.29 is 4.79 Å². The van der Waals surface area contributed by atoms with Gasteiger partial charge in [0.05, 0.1) is 0 Å². The summed E-state index contributed by atoms with van der Waals surface area (Å²) in [4.78, 5) is 14.9. The van der Waals surface area contributed by atoms with Gasteiger partial charge in [0.2, 0.25) is 0 Å². The van der Waals surface area contributed by atoms with E-state index in [1.165, 1.54) is 0 Å². The molecule has 0 aromatic carbocycles. The van der Waals surface area contributed by atoms with Crippen LogP contribution in [0.4, 0.5) is 0 Å². The van der Waals surface area contributed by atoms with E-state index in [0.29, 0.717) is 12.2 Å². The highest BCUT2D eigenvalue weighted by Gasteiger charge is 2.02. The van der Waals surface area contributed by atoms with E-state index >= 15 is 0 Å². The number of nitrogens with zero attached hydrogens (tertiary/aromatic N) is 1. The Hall–Kier alpha value is -1.38. The molecule has 1 heterocycles. The third kappa shape index (κ3) is 2.04. The van der Waals surface area contributed by atoms with Crippen LogP contribution in [0, 0.1) is 6.07 Å². The first-order valence-electron chi connectivity index (χ1n) is 3.45. The molecule has 3 nitrogen and oxygen atoms in total. The zero-order valence-corrected chi connectivity index (χ0v) is 6.29. The molecule has 1 rings (SSSR count). The molecule has 0 fully saturated rings. The standard InChI is InChI=1S/C8H9N2O/c1-2-9-8(11)7-5-3-4-6-10-7/h4-6H,2H2,1H3,(H,9,11). The number of nitrogens with one attached hydrogen (secondary N) is 1. The lowest BCUT2D eigenvalue weighted by Crippen LogP contribution is -2.23. The van der Waals surface area contributed by atoms with Crippen molar-refractivity contribution in [3.63, 3.8) is 0 Å². The van der Waals surface area contributed by atoms with Gasteiger partial charge in [-0.15, -0.1) is 0 Å². The topological polar surface area (TPSA) is 42.0 Å². The maximum Gasteiger partial charge on any atom is 0.269 e. The Labute approximate surface area is 65.5 Å². The molecular weight excluding hydrogens is 140 g/mol. The number of rotatable bonds is 2. The predicted octanol–water partition coefficient (Wildman–Crippen LogP) is 0.631. The van der Waals surface area contributed by atoms with Crippen LogP contribution in [-0.2, 0) is 0 Å². The van der Waals surface area contributed by atoms with Gasteiger partial charge in [0.1, 0.15) is 5.69 Å². The Kier molecular flexibility index (Phi) is 2.60. The Bertz CT molecular complexity index is 233. The molecular formula is C8H9N2O.